The summed E-state index contributed by atoms with van der Waals surface area (Å²) in [7, 11) is 0. The van der Waals surface area contributed by atoms with E-state index in [9.17, 15) is 5.11 Å². The van der Waals surface area contributed by atoms with Gasteiger partial charge in [-0.2, -0.15) is 0 Å². The monoisotopic (exact) mass is 258 g/mol. The van der Waals surface area contributed by atoms with Gasteiger partial charge in [-0.1, -0.05) is 32.1 Å². The zero-order valence-corrected chi connectivity index (χ0v) is 11.7. The molecule has 1 aromatic carbocycles. The van der Waals surface area contributed by atoms with Gasteiger partial charge in [0.2, 0.25) is 0 Å². The molecule has 1 aromatic rings. The molecule has 3 rings (SSSR count). The van der Waals surface area contributed by atoms with E-state index in [1.54, 1.807) is 0 Å². The summed E-state index contributed by atoms with van der Waals surface area (Å²) in [6.45, 7) is 4.43. The van der Waals surface area contributed by atoms with Crippen LogP contribution in [0.4, 0.5) is 0 Å². The van der Waals surface area contributed by atoms with Crippen LogP contribution in [0, 0.1) is 5.41 Å². The van der Waals surface area contributed by atoms with Crippen LogP contribution in [0.1, 0.15) is 45.1 Å². The number of ether oxygens (including phenoxy) is 1. The van der Waals surface area contributed by atoms with Crippen LogP contribution < -0.4 is 4.74 Å². The SMILES string of the molecule is CC1(C)CC(c2cccc(OC3CC3)c2)=CC(O)C1. The number of rotatable bonds is 3. The fraction of sp³-hybridized carbons (Fsp3) is 0.529. The first kappa shape index (κ1) is 12.7. The summed E-state index contributed by atoms with van der Waals surface area (Å²) >= 11 is 0. The minimum atomic E-state index is -0.327. The fourth-order valence-electron chi connectivity index (χ4n) is 2.85. The Labute approximate surface area is 115 Å². The number of benzene rings is 1. The second kappa shape index (κ2) is 4.68. The molecule has 2 nitrogen and oxygen atoms in total. The summed E-state index contributed by atoms with van der Waals surface area (Å²) in [5.41, 5.74) is 2.59. The molecule has 0 heterocycles. The van der Waals surface area contributed by atoms with Crippen molar-refractivity contribution in [3.8, 4) is 5.75 Å². The van der Waals surface area contributed by atoms with Crippen LogP contribution in [0.3, 0.4) is 0 Å². The van der Waals surface area contributed by atoms with Gasteiger partial charge in [0.05, 0.1) is 12.2 Å². The average molecular weight is 258 g/mol. The van der Waals surface area contributed by atoms with Crippen LogP contribution >= 0.6 is 0 Å². The summed E-state index contributed by atoms with van der Waals surface area (Å²) in [6.07, 6.45) is 6.31. The van der Waals surface area contributed by atoms with Gasteiger partial charge in [0, 0.05) is 0 Å². The van der Waals surface area contributed by atoms with E-state index >= 15 is 0 Å². The molecule has 0 radical (unpaired) electrons. The Morgan fingerprint density at radius 3 is 2.74 bits per heavy atom. The predicted octanol–water partition coefficient (Wildman–Crippen LogP) is 3.79. The first-order valence-corrected chi connectivity index (χ1v) is 7.18. The number of aliphatic hydroxyl groups is 1. The Balaban J connectivity index is 1.84. The molecule has 1 N–H and O–H groups in total. The fourth-order valence-corrected chi connectivity index (χ4v) is 2.85. The molecule has 1 atom stereocenters. The van der Waals surface area contributed by atoms with Crippen molar-refractivity contribution in [1.29, 1.82) is 0 Å². The van der Waals surface area contributed by atoms with Crippen LogP contribution in [-0.4, -0.2) is 17.3 Å². The summed E-state index contributed by atoms with van der Waals surface area (Å²) in [4.78, 5) is 0. The van der Waals surface area contributed by atoms with Gasteiger partial charge in [0.15, 0.2) is 0 Å². The first-order chi connectivity index (χ1) is 9.02. The smallest absolute Gasteiger partial charge is 0.120 e. The van der Waals surface area contributed by atoms with Crippen LogP contribution in [0.15, 0.2) is 30.3 Å². The lowest BCUT2D eigenvalue weighted by Crippen LogP contribution is -2.24. The highest BCUT2D eigenvalue weighted by Gasteiger charge is 2.28. The second-order valence-corrected chi connectivity index (χ2v) is 6.65. The normalized spacial score (nSPS) is 25.8. The maximum absolute atomic E-state index is 9.99. The third-order valence-corrected chi connectivity index (χ3v) is 3.86. The average Bonchev–Trinajstić information content (AvgIpc) is 3.10. The first-order valence-electron chi connectivity index (χ1n) is 7.18. The molecule has 2 heteroatoms. The van der Waals surface area contributed by atoms with Gasteiger partial charge >= 0.3 is 0 Å². The molecule has 19 heavy (non-hydrogen) atoms. The molecule has 1 unspecified atom stereocenters. The number of aliphatic hydroxyl groups excluding tert-OH is 1. The molecule has 1 saturated carbocycles. The molecule has 2 aliphatic carbocycles. The molecule has 0 amide bonds. The van der Waals surface area contributed by atoms with Gasteiger partial charge in [0.25, 0.3) is 0 Å². The lowest BCUT2D eigenvalue weighted by atomic mass is 9.74. The zero-order chi connectivity index (χ0) is 13.5. The largest absolute Gasteiger partial charge is 0.490 e. The van der Waals surface area contributed by atoms with E-state index in [4.69, 9.17) is 4.74 Å². The van der Waals surface area contributed by atoms with Crippen LogP contribution in [0.5, 0.6) is 5.75 Å². The van der Waals surface area contributed by atoms with Crippen LogP contribution in [0.2, 0.25) is 0 Å². The quantitative estimate of drug-likeness (QED) is 0.893. The highest BCUT2D eigenvalue weighted by Crippen LogP contribution is 2.40. The van der Waals surface area contributed by atoms with E-state index in [1.807, 2.05) is 18.2 Å². The van der Waals surface area contributed by atoms with Crippen LogP contribution in [-0.2, 0) is 0 Å². The van der Waals surface area contributed by atoms with Crippen molar-refractivity contribution in [2.45, 2.75) is 51.7 Å². The molecule has 0 bridgehead atoms. The maximum atomic E-state index is 9.99. The summed E-state index contributed by atoms with van der Waals surface area (Å²) in [5, 5.41) is 9.99. The topological polar surface area (TPSA) is 29.5 Å². The van der Waals surface area contributed by atoms with Gasteiger partial charge < -0.3 is 9.84 Å². The molecule has 102 valence electrons. The van der Waals surface area contributed by atoms with E-state index in [0.717, 1.165) is 18.6 Å². The van der Waals surface area contributed by atoms with Gasteiger partial charge in [-0.3, -0.25) is 0 Å². The number of hydrogen-bond acceptors (Lipinski definition) is 2. The summed E-state index contributed by atoms with van der Waals surface area (Å²) < 4.78 is 5.85. The Bertz CT molecular complexity index is 498. The van der Waals surface area contributed by atoms with Crippen molar-refractivity contribution in [2.24, 2.45) is 5.41 Å². The van der Waals surface area contributed by atoms with Crippen molar-refractivity contribution in [2.75, 3.05) is 0 Å². The van der Waals surface area contributed by atoms with Crippen molar-refractivity contribution in [1.82, 2.24) is 0 Å². The molecule has 0 aliphatic heterocycles. The Kier molecular flexibility index (Phi) is 3.14. The van der Waals surface area contributed by atoms with Crippen LogP contribution in [0.25, 0.3) is 5.57 Å². The highest BCUT2D eigenvalue weighted by atomic mass is 16.5. The maximum Gasteiger partial charge on any atom is 0.120 e. The summed E-state index contributed by atoms with van der Waals surface area (Å²) in [6, 6.07) is 8.28. The number of allylic oxidation sites excluding steroid dienone is 1. The van der Waals surface area contributed by atoms with Gasteiger partial charge in [-0.05, 0) is 54.4 Å². The van der Waals surface area contributed by atoms with Crippen molar-refractivity contribution >= 4 is 5.57 Å². The van der Waals surface area contributed by atoms with Crippen molar-refractivity contribution in [3.05, 3.63) is 35.9 Å². The molecule has 2 aliphatic rings. The third kappa shape index (κ3) is 3.19. The van der Waals surface area contributed by atoms with Gasteiger partial charge in [0.1, 0.15) is 5.75 Å². The molecule has 0 spiro atoms. The third-order valence-electron chi connectivity index (χ3n) is 3.86. The predicted molar refractivity (Wildman–Crippen MR) is 77.1 cm³/mol. The van der Waals surface area contributed by atoms with Gasteiger partial charge in [-0.15, -0.1) is 0 Å². The van der Waals surface area contributed by atoms with E-state index < -0.39 is 0 Å². The summed E-state index contributed by atoms with van der Waals surface area (Å²) in [5.74, 6) is 0.957. The van der Waals surface area contributed by atoms with E-state index in [1.165, 1.54) is 24.0 Å². The Morgan fingerprint density at radius 1 is 1.26 bits per heavy atom. The molecule has 1 fully saturated rings. The molecular weight excluding hydrogens is 236 g/mol. The van der Waals surface area contributed by atoms with E-state index in [2.05, 4.69) is 26.0 Å². The molecular formula is C17H22O2. The molecule has 0 aromatic heterocycles. The van der Waals surface area contributed by atoms with E-state index in [0.29, 0.717) is 6.10 Å². The van der Waals surface area contributed by atoms with Crippen molar-refractivity contribution < 1.29 is 9.84 Å². The lowest BCUT2D eigenvalue weighted by Gasteiger charge is -2.32. The van der Waals surface area contributed by atoms with E-state index in [-0.39, 0.29) is 11.5 Å². The number of hydrogen-bond donors (Lipinski definition) is 1. The van der Waals surface area contributed by atoms with Gasteiger partial charge in [-0.25, -0.2) is 0 Å². The minimum absolute atomic E-state index is 0.164. The van der Waals surface area contributed by atoms with Crippen molar-refractivity contribution in [3.63, 3.8) is 0 Å². The lowest BCUT2D eigenvalue weighted by molar-refractivity contribution is 0.146. The highest BCUT2D eigenvalue weighted by molar-refractivity contribution is 5.68. The Hall–Kier alpha value is -1.28. The standard InChI is InChI=1S/C17H22O2/c1-17(2)10-13(8-14(18)11-17)12-4-3-5-16(9-12)19-15-6-7-15/h3-5,8-9,14-15,18H,6-7,10-11H2,1-2H3. The Morgan fingerprint density at radius 2 is 2.05 bits per heavy atom. The second-order valence-electron chi connectivity index (χ2n) is 6.65. The minimum Gasteiger partial charge on any atom is -0.490 e. The molecule has 0 saturated heterocycles. The zero-order valence-electron chi connectivity index (χ0n) is 11.7.